The maximum absolute atomic E-state index is 12.5. The van der Waals surface area contributed by atoms with E-state index in [-0.39, 0.29) is 17.0 Å². The third-order valence-corrected chi connectivity index (χ3v) is 3.88. The minimum absolute atomic E-state index is 0.0970. The largest absolute Gasteiger partial charge is 0.490 e. The fourth-order valence-electron chi connectivity index (χ4n) is 2.52. The molecular formula is C22H16N2O4. The van der Waals surface area contributed by atoms with E-state index in [1.54, 1.807) is 18.2 Å². The van der Waals surface area contributed by atoms with Gasteiger partial charge in [-0.25, -0.2) is 0 Å². The van der Waals surface area contributed by atoms with E-state index >= 15 is 0 Å². The highest BCUT2D eigenvalue weighted by atomic mass is 16.6. The molecule has 3 aromatic carbocycles. The van der Waals surface area contributed by atoms with Gasteiger partial charge in [0.2, 0.25) is 0 Å². The molecule has 3 aromatic rings. The van der Waals surface area contributed by atoms with Gasteiger partial charge in [0.05, 0.1) is 12.0 Å². The van der Waals surface area contributed by atoms with Gasteiger partial charge >= 0.3 is 5.69 Å². The maximum atomic E-state index is 12.5. The first-order valence-electron chi connectivity index (χ1n) is 8.38. The van der Waals surface area contributed by atoms with Gasteiger partial charge in [-0.05, 0) is 42.5 Å². The minimum atomic E-state index is -0.588. The van der Waals surface area contributed by atoms with E-state index in [9.17, 15) is 14.9 Å². The topological polar surface area (TPSA) is 81.5 Å². The van der Waals surface area contributed by atoms with Gasteiger partial charge in [-0.2, -0.15) is 0 Å². The van der Waals surface area contributed by atoms with E-state index in [2.05, 4.69) is 17.2 Å². The maximum Gasteiger partial charge on any atom is 0.311 e. The Morgan fingerprint density at radius 3 is 2.39 bits per heavy atom. The smallest absolute Gasteiger partial charge is 0.311 e. The van der Waals surface area contributed by atoms with E-state index in [1.165, 1.54) is 25.3 Å². The summed E-state index contributed by atoms with van der Waals surface area (Å²) in [6, 6.07) is 20.7. The average molecular weight is 372 g/mol. The van der Waals surface area contributed by atoms with E-state index in [0.29, 0.717) is 5.69 Å². The Morgan fingerprint density at radius 1 is 0.964 bits per heavy atom. The molecule has 28 heavy (non-hydrogen) atoms. The summed E-state index contributed by atoms with van der Waals surface area (Å²) in [4.78, 5) is 23.0. The summed E-state index contributed by atoms with van der Waals surface area (Å²) in [5.74, 6) is 5.74. The summed E-state index contributed by atoms with van der Waals surface area (Å²) in [6.45, 7) is 0. The number of amides is 1. The quantitative estimate of drug-likeness (QED) is 0.422. The molecule has 0 fully saturated rings. The van der Waals surface area contributed by atoms with Gasteiger partial charge in [0.15, 0.2) is 5.75 Å². The van der Waals surface area contributed by atoms with E-state index in [4.69, 9.17) is 4.74 Å². The van der Waals surface area contributed by atoms with Crippen molar-refractivity contribution in [2.45, 2.75) is 0 Å². The number of hydrogen-bond donors (Lipinski definition) is 1. The van der Waals surface area contributed by atoms with Crippen LogP contribution in [0.25, 0.3) is 0 Å². The molecule has 0 aliphatic carbocycles. The van der Waals surface area contributed by atoms with Crippen molar-refractivity contribution >= 4 is 17.3 Å². The SMILES string of the molecule is COc1ccc(C(=O)Nc2cccc(C#Cc3ccccc3)c2)cc1[N+](=O)[O-]. The molecule has 0 unspecified atom stereocenters. The number of benzene rings is 3. The van der Waals surface area contributed by atoms with Gasteiger partial charge in [-0.3, -0.25) is 14.9 Å². The monoisotopic (exact) mass is 372 g/mol. The third-order valence-electron chi connectivity index (χ3n) is 3.88. The summed E-state index contributed by atoms with van der Waals surface area (Å²) >= 11 is 0. The molecule has 1 amide bonds. The molecule has 0 saturated carbocycles. The van der Waals surface area contributed by atoms with Gasteiger partial charge in [-0.15, -0.1) is 0 Å². The standard InChI is InChI=1S/C22H16N2O4/c1-28-21-13-12-18(15-20(21)24(26)27)22(25)23-19-9-5-8-17(14-19)11-10-16-6-3-2-4-7-16/h2-9,12-15H,1H3,(H,23,25). The lowest BCUT2D eigenvalue weighted by Crippen LogP contribution is -2.12. The van der Waals surface area contributed by atoms with Gasteiger partial charge < -0.3 is 10.1 Å². The fraction of sp³-hybridized carbons (Fsp3) is 0.0455. The number of nitrogens with one attached hydrogen (secondary N) is 1. The van der Waals surface area contributed by atoms with E-state index in [0.717, 1.165) is 11.1 Å². The zero-order chi connectivity index (χ0) is 19.9. The number of methoxy groups -OCH3 is 1. The van der Waals surface area contributed by atoms with Crippen LogP contribution in [-0.4, -0.2) is 17.9 Å². The van der Waals surface area contributed by atoms with Gasteiger partial charge in [-0.1, -0.05) is 36.1 Å². The zero-order valence-corrected chi connectivity index (χ0v) is 15.0. The molecule has 138 valence electrons. The zero-order valence-electron chi connectivity index (χ0n) is 15.0. The number of carbonyl (C=O) groups excluding carboxylic acids is 1. The van der Waals surface area contributed by atoms with Crippen LogP contribution in [0, 0.1) is 22.0 Å². The number of nitro groups is 1. The summed E-state index contributed by atoms with van der Waals surface area (Å²) < 4.78 is 4.95. The molecule has 0 saturated heterocycles. The van der Waals surface area contributed by atoms with Crippen LogP contribution in [-0.2, 0) is 0 Å². The van der Waals surface area contributed by atoms with Crippen molar-refractivity contribution in [1.82, 2.24) is 0 Å². The highest BCUT2D eigenvalue weighted by Crippen LogP contribution is 2.27. The van der Waals surface area contributed by atoms with Gasteiger partial charge in [0.25, 0.3) is 5.91 Å². The van der Waals surface area contributed by atoms with Gasteiger partial charge in [0, 0.05) is 28.4 Å². The lowest BCUT2D eigenvalue weighted by Gasteiger charge is -2.07. The van der Waals surface area contributed by atoms with Crippen LogP contribution in [0.5, 0.6) is 5.75 Å². The minimum Gasteiger partial charge on any atom is -0.490 e. The van der Waals surface area contributed by atoms with Crippen molar-refractivity contribution in [3.63, 3.8) is 0 Å². The van der Waals surface area contributed by atoms with Crippen molar-refractivity contribution in [2.75, 3.05) is 12.4 Å². The molecule has 0 aliphatic rings. The number of carbonyl (C=O) groups is 1. The summed E-state index contributed by atoms with van der Waals surface area (Å²) in [7, 11) is 1.34. The van der Waals surface area contributed by atoms with Crippen LogP contribution in [0.1, 0.15) is 21.5 Å². The first-order valence-corrected chi connectivity index (χ1v) is 8.38. The second-order valence-electron chi connectivity index (χ2n) is 5.79. The molecule has 0 heterocycles. The predicted molar refractivity (Wildman–Crippen MR) is 106 cm³/mol. The van der Waals surface area contributed by atoms with Crippen molar-refractivity contribution < 1.29 is 14.5 Å². The molecule has 6 nitrogen and oxygen atoms in total. The van der Waals surface area contributed by atoms with E-state index < -0.39 is 10.8 Å². The second kappa shape index (κ2) is 8.52. The number of anilines is 1. The molecule has 1 N–H and O–H groups in total. The van der Waals surface area contributed by atoms with Crippen LogP contribution in [0.4, 0.5) is 11.4 Å². The van der Waals surface area contributed by atoms with Crippen molar-refractivity contribution in [3.05, 3.63) is 99.6 Å². The molecule has 3 rings (SSSR count). The first kappa shape index (κ1) is 18.7. The third kappa shape index (κ3) is 4.54. The average Bonchev–Trinajstić information content (AvgIpc) is 2.72. The highest BCUT2D eigenvalue weighted by molar-refractivity contribution is 6.04. The van der Waals surface area contributed by atoms with Crippen molar-refractivity contribution in [1.29, 1.82) is 0 Å². The van der Waals surface area contributed by atoms with Crippen LogP contribution in [0.3, 0.4) is 0 Å². The first-order chi connectivity index (χ1) is 13.6. The lowest BCUT2D eigenvalue weighted by molar-refractivity contribution is -0.385. The number of hydrogen-bond acceptors (Lipinski definition) is 4. The Kier molecular flexibility index (Phi) is 5.68. The number of nitro benzene ring substituents is 1. The number of ether oxygens (including phenoxy) is 1. The second-order valence-corrected chi connectivity index (χ2v) is 5.79. The summed E-state index contributed by atoms with van der Waals surface area (Å²) in [6.07, 6.45) is 0. The number of nitrogens with zero attached hydrogens (tertiary/aromatic N) is 1. The van der Waals surface area contributed by atoms with Crippen LogP contribution >= 0.6 is 0 Å². The summed E-state index contributed by atoms with van der Waals surface area (Å²) in [5, 5.41) is 13.9. The predicted octanol–water partition coefficient (Wildman–Crippen LogP) is 4.26. The van der Waals surface area contributed by atoms with Crippen LogP contribution < -0.4 is 10.1 Å². The highest BCUT2D eigenvalue weighted by Gasteiger charge is 2.18. The normalized spacial score (nSPS) is 9.75. The molecule has 0 radical (unpaired) electrons. The van der Waals surface area contributed by atoms with Crippen LogP contribution in [0.2, 0.25) is 0 Å². The fourth-order valence-corrected chi connectivity index (χ4v) is 2.52. The Balaban J connectivity index is 1.79. The molecule has 0 aromatic heterocycles. The Bertz CT molecular complexity index is 1080. The Hall–Kier alpha value is -4.11. The molecule has 0 aliphatic heterocycles. The Labute approximate surface area is 161 Å². The Morgan fingerprint density at radius 2 is 1.68 bits per heavy atom. The molecule has 0 spiro atoms. The van der Waals surface area contributed by atoms with Crippen LogP contribution in [0.15, 0.2) is 72.8 Å². The van der Waals surface area contributed by atoms with Crippen molar-refractivity contribution in [3.8, 4) is 17.6 Å². The van der Waals surface area contributed by atoms with E-state index in [1.807, 2.05) is 36.4 Å². The molecule has 6 heteroatoms. The molecule has 0 bridgehead atoms. The van der Waals surface area contributed by atoms with Crippen molar-refractivity contribution in [2.24, 2.45) is 0 Å². The molecular weight excluding hydrogens is 356 g/mol. The van der Waals surface area contributed by atoms with Gasteiger partial charge in [0.1, 0.15) is 0 Å². The molecule has 0 atom stereocenters. The lowest BCUT2D eigenvalue weighted by atomic mass is 10.1. The summed E-state index contributed by atoms with van der Waals surface area (Å²) in [5.41, 5.74) is 2.07. The number of rotatable bonds is 4.